The molecule has 0 aliphatic carbocycles. The summed E-state index contributed by atoms with van der Waals surface area (Å²) in [5, 5.41) is 0.734. The van der Waals surface area contributed by atoms with Crippen LogP contribution >= 0.6 is 30.1 Å². The van der Waals surface area contributed by atoms with Crippen molar-refractivity contribution in [1.82, 2.24) is 0 Å². The van der Waals surface area contributed by atoms with Gasteiger partial charge in [0.25, 0.3) is 0 Å². The highest BCUT2D eigenvalue weighted by atomic mass is 35.8. The maximum atomic E-state index is 5.42. The lowest BCUT2D eigenvalue weighted by Crippen LogP contribution is -2.04. The molecule has 0 aliphatic heterocycles. The van der Waals surface area contributed by atoms with Crippen LogP contribution in [0.25, 0.3) is 0 Å². The molecule has 0 bridgehead atoms. The molecule has 0 aromatic heterocycles. The standard InChI is InChI=1S/C3H7.C2H5.Al.3ClH/c1-3-2;1-2;;;;/h3H,1-2H3;1H2,2H3;;3*1H/q+1;;+2;;;/p-3. The normalized spacial score (nSPS) is 9.56. The average molecular weight is 205 g/mol. The SMILES string of the molecule is C[CH+]C.C[CH2][Al-]([Cl])([Cl])[Cl]. The highest BCUT2D eigenvalue weighted by Crippen LogP contribution is 2.23. The second-order valence-corrected chi connectivity index (χ2v) is 12.6. The monoisotopic (exact) mass is 204 g/mol. The van der Waals surface area contributed by atoms with Crippen LogP contribution < -0.4 is 0 Å². The molecule has 4 heteroatoms. The van der Waals surface area contributed by atoms with E-state index in [0.717, 1.165) is 5.28 Å². The molecule has 0 saturated heterocycles. The van der Waals surface area contributed by atoms with Gasteiger partial charge in [-0.2, -0.15) is 5.28 Å². The number of halogens is 3. The molecule has 0 nitrogen and oxygen atoms in total. The van der Waals surface area contributed by atoms with E-state index >= 15 is 0 Å². The summed E-state index contributed by atoms with van der Waals surface area (Å²) < 4.78 is 0. The Kier molecular flexibility index (Phi) is 10.6. The van der Waals surface area contributed by atoms with Gasteiger partial charge in [0.05, 0.1) is 20.3 Å². The van der Waals surface area contributed by atoms with Crippen LogP contribution in [0.15, 0.2) is 0 Å². The maximum absolute atomic E-state index is 5.42. The Labute approximate surface area is 72.8 Å². The second-order valence-electron chi connectivity index (χ2n) is 1.70. The highest BCUT2D eigenvalue weighted by molar-refractivity contribution is 7.64. The zero-order valence-electron chi connectivity index (χ0n) is 6.00. The summed E-state index contributed by atoms with van der Waals surface area (Å²) in [7, 11) is 13.8. The van der Waals surface area contributed by atoms with Gasteiger partial charge in [-0.1, -0.05) is 6.92 Å². The Hall–Kier alpha value is 1.27. The Bertz CT molecular complexity index is 50.7. The van der Waals surface area contributed by atoms with Gasteiger partial charge in [0.2, 0.25) is 0 Å². The van der Waals surface area contributed by atoms with E-state index in [1.807, 2.05) is 27.2 Å². The fraction of sp³-hybridized carbons (Fsp3) is 0.800. The molecule has 0 aliphatic rings. The topological polar surface area (TPSA) is 0 Å². The number of hydrogen-bond acceptors (Lipinski definition) is 0. The number of rotatable bonds is 1. The first-order chi connectivity index (χ1) is 3.97. The van der Waals surface area contributed by atoms with Crippen LogP contribution in [0.4, 0.5) is 0 Å². The molecule has 0 spiro atoms. The predicted octanol–water partition coefficient (Wildman–Crippen LogP) is 3.89. The van der Waals surface area contributed by atoms with Gasteiger partial charge in [-0.05, 0) is 0 Å². The molecule has 0 unspecified atom stereocenters. The molecule has 0 aromatic carbocycles. The summed E-state index contributed by atoms with van der Waals surface area (Å²) in [6.07, 6.45) is 2.00. The van der Waals surface area contributed by atoms with Crippen LogP contribution in [-0.4, -0.2) is 10.3 Å². The Balaban J connectivity index is 0. The maximum Gasteiger partial charge on any atom is 0.452 e. The molecule has 56 valence electrons. The average Bonchev–Trinajstić information content (AvgIpc) is 1.67. The van der Waals surface area contributed by atoms with Crippen molar-refractivity contribution in [2.24, 2.45) is 0 Å². The summed E-state index contributed by atoms with van der Waals surface area (Å²) in [6, 6.07) is 0. The van der Waals surface area contributed by atoms with E-state index in [4.69, 9.17) is 30.1 Å². The first kappa shape index (κ1) is 12.9. The van der Waals surface area contributed by atoms with Gasteiger partial charge in [0.15, 0.2) is 0 Å². The van der Waals surface area contributed by atoms with E-state index in [1.165, 1.54) is 0 Å². The molecule has 0 amide bonds. The lowest BCUT2D eigenvalue weighted by atomic mass is 10.6. The first-order valence-electron chi connectivity index (χ1n) is 2.92. The van der Waals surface area contributed by atoms with Gasteiger partial charge in [0.1, 0.15) is 0 Å². The van der Waals surface area contributed by atoms with Crippen LogP contribution in [-0.2, 0) is 0 Å². The number of hydrogen-bond donors (Lipinski definition) is 0. The van der Waals surface area contributed by atoms with E-state index in [-0.39, 0.29) is 0 Å². The van der Waals surface area contributed by atoms with Crippen molar-refractivity contribution in [3.05, 3.63) is 6.42 Å². The Morgan fingerprint density at radius 3 is 1.33 bits per heavy atom. The van der Waals surface area contributed by atoms with Crippen molar-refractivity contribution in [1.29, 1.82) is 0 Å². The van der Waals surface area contributed by atoms with Crippen molar-refractivity contribution < 1.29 is 0 Å². The Morgan fingerprint density at radius 2 is 1.33 bits per heavy atom. The van der Waals surface area contributed by atoms with Crippen LogP contribution in [0, 0.1) is 6.42 Å². The van der Waals surface area contributed by atoms with Crippen LogP contribution in [0.3, 0.4) is 0 Å². The van der Waals surface area contributed by atoms with Crippen LogP contribution in [0.5, 0.6) is 0 Å². The van der Waals surface area contributed by atoms with Crippen molar-refractivity contribution in [2.75, 3.05) is 0 Å². The van der Waals surface area contributed by atoms with E-state index in [0.29, 0.717) is 0 Å². The highest BCUT2D eigenvalue weighted by Gasteiger charge is 2.16. The van der Waals surface area contributed by atoms with Gasteiger partial charge in [0, 0.05) is 0 Å². The van der Waals surface area contributed by atoms with Crippen molar-refractivity contribution in [2.45, 2.75) is 26.1 Å². The molecule has 0 N–H and O–H groups in total. The fourth-order valence-electron chi connectivity index (χ4n) is 0. The lowest BCUT2D eigenvalue weighted by Gasteiger charge is -2.07. The van der Waals surface area contributed by atoms with Gasteiger partial charge in [-0.15, -0.1) is 0 Å². The predicted molar refractivity (Wildman–Crippen MR) is 49.4 cm³/mol. The second kappa shape index (κ2) is 7.38. The summed E-state index contributed by atoms with van der Waals surface area (Å²) in [4.78, 5) is 0. The molecular formula is C5H12AlCl3. The van der Waals surface area contributed by atoms with E-state index in [1.54, 1.807) is 0 Å². The van der Waals surface area contributed by atoms with Gasteiger partial charge in [-0.3, -0.25) is 0 Å². The molecule has 0 atom stereocenters. The summed E-state index contributed by atoms with van der Waals surface area (Å²) in [5.41, 5.74) is 0. The third kappa shape index (κ3) is 26.9. The molecule has 0 fully saturated rings. The van der Waals surface area contributed by atoms with Crippen molar-refractivity contribution in [3.63, 3.8) is 0 Å². The minimum atomic E-state index is -2.45. The van der Waals surface area contributed by atoms with Gasteiger partial charge in [-0.25, -0.2) is 0 Å². The van der Waals surface area contributed by atoms with Crippen LogP contribution in [0.1, 0.15) is 20.8 Å². The molecule has 9 heavy (non-hydrogen) atoms. The third-order valence-electron chi connectivity index (χ3n) is 0.463. The van der Waals surface area contributed by atoms with E-state index in [9.17, 15) is 0 Å². The minimum absolute atomic E-state index is 0.734. The molecule has 0 rings (SSSR count). The Morgan fingerprint density at radius 1 is 1.22 bits per heavy atom. The first-order valence-corrected chi connectivity index (χ1v) is 8.98. The minimum Gasteiger partial charge on any atom is -0.407 e. The fourth-order valence-corrected chi connectivity index (χ4v) is 0. The largest absolute Gasteiger partial charge is 0.452 e. The van der Waals surface area contributed by atoms with E-state index in [2.05, 4.69) is 0 Å². The zero-order valence-corrected chi connectivity index (χ0v) is 9.42. The molecule has 0 heterocycles. The quantitative estimate of drug-likeness (QED) is 0.450. The molecule has 0 radical (unpaired) electrons. The zero-order chi connectivity index (χ0) is 7.91. The van der Waals surface area contributed by atoms with Gasteiger partial charge >= 0.3 is 10.3 Å². The summed E-state index contributed by atoms with van der Waals surface area (Å²) >= 11 is 0. The van der Waals surface area contributed by atoms with Gasteiger partial charge < -0.3 is 30.1 Å². The smallest absolute Gasteiger partial charge is 0.407 e. The van der Waals surface area contributed by atoms with Crippen molar-refractivity contribution >= 4 is 40.5 Å². The van der Waals surface area contributed by atoms with Crippen LogP contribution in [0.2, 0.25) is 5.28 Å². The summed E-state index contributed by atoms with van der Waals surface area (Å²) in [6.45, 7) is 5.89. The molecule has 0 aromatic rings. The summed E-state index contributed by atoms with van der Waals surface area (Å²) in [5.74, 6) is 0. The molecular weight excluding hydrogens is 193 g/mol. The van der Waals surface area contributed by atoms with E-state index < -0.39 is 10.3 Å². The third-order valence-corrected chi connectivity index (χ3v) is 4.17. The van der Waals surface area contributed by atoms with Crippen molar-refractivity contribution in [3.8, 4) is 0 Å². The lowest BCUT2D eigenvalue weighted by molar-refractivity contribution is 1.41. The molecule has 0 saturated carbocycles.